The van der Waals surface area contributed by atoms with Crippen molar-refractivity contribution in [1.82, 2.24) is 14.7 Å². The number of halogens is 1. The Balaban J connectivity index is 1.74. The number of benzene rings is 2. The van der Waals surface area contributed by atoms with E-state index in [-0.39, 0.29) is 11.7 Å². The highest BCUT2D eigenvalue weighted by Crippen LogP contribution is 2.37. The highest BCUT2D eigenvalue weighted by atomic mass is 19.1. The minimum Gasteiger partial charge on any atom is -0.435 e. The average Bonchev–Trinajstić information content (AvgIpc) is 3.59. The zero-order valence-corrected chi connectivity index (χ0v) is 20.9. The molecule has 1 fully saturated rings. The maximum absolute atomic E-state index is 14.6. The lowest BCUT2D eigenvalue weighted by molar-refractivity contribution is 0.0185. The Kier molecular flexibility index (Phi) is 8.55. The number of rotatable bonds is 13. The zero-order chi connectivity index (χ0) is 24.8. The standard InChI is InChI=1S/C28H36FN3O3/c1-4-34-19-23(33)17-31(16-21-14-15-21)18-24-27(20(2)3)30-32(22-10-6-5-7-11-22)28(24)35-26-13-9-8-12-25(26)29/h5-13,20-21,23,33H,4,14-19H2,1-3H3/t23-/m0/s1. The van der Waals surface area contributed by atoms with E-state index in [9.17, 15) is 9.50 Å². The van der Waals surface area contributed by atoms with Crippen LogP contribution >= 0.6 is 0 Å². The largest absolute Gasteiger partial charge is 0.435 e. The molecular formula is C28H36FN3O3. The van der Waals surface area contributed by atoms with Gasteiger partial charge in [0.05, 0.1) is 29.7 Å². The molecule has 0 saturated heterocycles. The minimum atomic E-state index is -0.587. The highest BCUT2D eigenvalue weighted by Gasteiger charge is 2.30. The molecule has 35 heavy (non-hydrogen) atoms. The van der Waals surface area contributed by atoms with Gasteiger partial charge in [-0.15, -0.1) is 0 Å². The SMILES string of the molecule is CCOC[C@@H](O)CN(Cc1c(C(C)C)nn(-c2ccccc2)c1Oc1ccccc1F)CC1CC1. The first-order chi connectivity index (χ1) is 17.0. The Labute approximate surface area is 207 Å². The number of aliphatic hydroxyl groups is 1. The van der Waals surface area contributed by atoms with Crippen molar-refractivity contribution in [3.05, 3.63) is 71.7 Å². The van der Waals surface area contributed by atoms with Crippen LogP contribution in [0.5, 0.6) is 11.6 Å². The van der Waals surface area contributed by atoms with Gasteiger partial charge in [-0.1, -0.05) is 44.2 Å². The molecule has 6 nitrogen and oxygen atoms in total. The third-order valence-electron chi connectivity index (χ3n) is 6.14. The topological polar surface area (TPSA) is 59.8 Å². The van der Waals surface area contributed by atoms with Crippen LogP contribution in [0.1, 0.15) is 50.8 Å². The van der Waals surface area contributed by atoms with Crippen LogP contribution < -0.4 is 4.74 Å². The fourth-order valence-corrected chi connectivity index (χ4v) is 4.24. The number of para-hydroxylation sites is 2. The maximum Gasteiger partial charge on any atom is 0.227 e. The normalized spacial score (nSPS) is 14.6. The van der Waals surface area contributed by atoms with Gasteiger partial charge in [0.25, 0.3) is 0 Å². The molecule has 0 radical (unpaired) electrons. The van der Waals surface area contributed by atoms with E-state index in [0.29, 0.717) is 38.1 Å². The third-order valence-corrected chi connectivity index (χ3v) is 6.14. The summed E-state index contributed by atoms with van der Waals surface area (Å²) in [5.74, 6) is 1.01. The van der Waals surface area contributed by atoms with Crippen molar-refractivity contribution in [2.24, 2.45) is 5.92 Å². The van der Waals surface area contributed by atoms with Crippen molar-refractivity contribution in [2.45, 2.75) is 52.2 Å². The summed E-state index contributed by atoms with van der Waals surface area (Å²) in [5.41, 5.74) is 2.66. The van der Waals surface area contributed by atoms with Crippen molar-refractivity contribution in [3.8, 4) is 17.3 Å². The quantitative estimate of drug-likeness (QED) is 0.348. The lowest BCUT2D eigenvalue weighted by Gasteiger charge is -2.26. The number of nitrogens with zero attached hydrogens (tertiary/aromatic N) is 3. The van der Waals surface area contributed by atoms with Gasteiger partial charge in [-0.2, -0.15) is 5.10 Å². The van der Waals surface area contributed by atoms with E-state index in [1.54, 1.807) is 22.9 Å². The first kappa shape index (κ1) is 25.4. The van der Waals surface area contributed by atoms with Gasteiger partial charge in [-0.3, -0.25) is 4.90 Å². The van der Waals surface area contributed by atoms with E-state index in [1.807, 2.05) is 37.3 Å². The van der Waals surface area contributed by atoms with Crippen molar-refractivity contribution in [3.63, 3.8) is 0 Å². The Morgan fingerprint density at radius 3 is 2.49 bits per heavy atom. The Bertz CT molecular complexity index is 1080. The summed E-state index contributed by atoms with van der Waals surface area (Å²) in [5, 5.41) is 15.5. The molecule has 7 heteroatoms. The molecule has 1 aliphatic rings. The van der Waals surface area contributed by atoms with Crippen LogP contribution in [0.4, 0.5) is 4.39 Å². The molecule has 0 aliphatic heterocycles. The summed E-state index contributed by atoms with van der Waals surface area (Å²) in [6.07, 6.45) is 1.82. The number of aromatic nitrogens is 2. The van der Waals surface area contributed by atoms with E-state index in [1.165, 1.54) is 18.9 Å². The van der Waals surface area contributed by atoms with Gasteiger partial charge in [0.15, 0.2) is 11.6 Å². The molecule has 188 valence electrons. The predicted octanol–water partition coefficient (Wildman–Crippen LogP) is 5.54. The molecule has 0 bridgehead atoms. The van der Waals surface area contributed by atoms with Crippen molar-refractivity contribution < 1.29 is 19.0 Å². The van der Waals surface area contributed by atoms with Gasteiger partial charge >= 0.3 is 0 Å². The molecule has 1 N–H and O–H groups in total. The number of aliphatic hydroxyl groups excluding tert-OH is 1. The molecule has 0 unspecified atom stereocenters. The van der Waals surface area contributed by atoms with E-state index in [2.05, 4.69) is 18.7 Å². The lowest BCUT2D eigenvalue weighted by Crippen LogP contribution is -2.36. The van der Waals surface area contributed by atoms with Crippen LogP contribution in [0.25, 0.3) is 5.69 Å². The molecule has 2 aromatic carbocycles. The van der Waals surface area contributed by atoms with Crippen LogP contribution in [0.3, 0.4) is 0 Å². The van der Waals surface area contributed by atoms with Crippen molar-refractivity contribution >= 4 is 0 Å². The molecule has 1 saturated carbocycles. The molecule has 1 atom stereocenters. The van der Waals surface area contributed by atoms with E-state index < -0.39 is 11.9 Å². The Morgan fingerprint density at radius 2 is 1.83 bits per heavy atom. The summed E-state index contributed by atoms with van der Waals surface area (Å²) in [6.45, 7) is 8.92. The number of hydrogen-bond acceptors (Lipinski definition) is 5. The van der Waals surface area contributed by atoms with Gasteiger partial charge in [0.2, 0.25) is 5.88 Å². The summed E-state index contributed by atoms with van der Waals surface area (Å²) >= 11 is 0. The molecule has 3 aromatic rings. The number of hydrogen-bond donors (Lipinski definition) is 1. The highest BCUT2D eigenvalue weighted by molar-refractivity contribution is 5.44. The van der Waals surface area contributed by atoms with Crippen LogP contribution in [0, 0.1) is 11.7 Å². The van der Waals surface area contributed by atoms with Gasteiger partial charge in [-0.25, -0.2) is 9.07 Å². The third kappa shape index (κ3) is 6.69. The summed E-state index contributed by atoms with van der Waals surface area (Å²) in [7, 11) is 0. The molecule has 1 heterocycles. The first-order valence-corrected chi connectivity index (χ1v) is 12.5. The maximum atomic E-state index is 14.6. The smallest absolute Gasteiger partial charge is 0.227 e. The Morgan fingerprint density at radius 1 is 1.11 bits per heavy atom. The summed E-state index contributed by atoms with van der Waals surface area (Å²) in [6, 6.07) is 16.2. The summed E-state index contributed by atoms with van der Waals surface area (Å²) in [4.78, 5) is 2.26. The second-order valence-corrected chi connectivity index (χ2v) is 9.55. The second-order valence-electron chi connectivity index (χ2n) is 9.55. The average molecular weight is 482 g/mol. The minimum absolute atomic E-state index is 0.133. The lowest BCUT2D eigenvalue weighted by atomic mass is 10.1. The fraction of sp³-hybridized carbons (Fsp3) is 0.464. The number of ether oxygens (including phenoxy) is 2. The van der Waals surface area contributed by atoms with Crippen LogP contribution in [-0.2, 0) is 11.3 Å². The molecule has 0 spiro atoms. The monoisotopic (exact) mass is 481 g/mol. The van der Waals surface area contributed by atoms with Crippen molar-refractivity contribution in [1.29, 1.82) is 0 Å². The zero-order valence-electron chi connectivity index (χ0n) is 20.9. The van der Waals surface area contributed by atoms with Crippen molar-refractivity contribution in [2.75, 3.05) is 26.3 Å². The van der Waals surface area contributed by atoms with E-state index in [4.69, 9.17) is 14.6 Å². The summed E-state index contributed by atoms with van der Waals surface area (Å²) < 4.78 is 28.1. The molecular weight excluding hydrogens is 445 g/mol. The fourth-order valence-electron chi connectivity index (χ4n) is 4.24. The van der Waals surface area contributed by atoms with Gasteiger partial charge in [0.1, 0.15) is 0 Å². The Hall–Kier alpha value is -2.74. The molecule has 0 amide bonds. The van der Waals surface area contributed by atoms with Crippen LogP contribution in [0.15, 0.2) is 54.6 Å². The second kappa shape index (κ2) is 11.8. The van der Waals surface area contributed by atoms with E-state index >= 15 is 0 Å². The predicted molar refractivity (Wildman–Crippen MR) is 135 cm³/mol. The molecule has 4 rings (SSSR count). The van der Waals surface area contributed by atoms with Gasteiger partial charge in [-0.05, 0) is 55.9 Å². The van der Waals surface area contributed by atoms with Crippen LogP contribution in [0.2, 0.25) is 0 Å². The molecule has 1 aliphatic carbocycles. The van der Waals surface area contributed by atoms with E-state index in [0.717, 1.165) is 23.5 Å². The first-order valence-electron chi connectivity index (χ1n) is 12.5. The molecule has 1 aromatic heterocycles. The van der Waals surface area contributed by atoms with Gasteiger partial charge < -0.3 is 14.6 Å². The van der Waals surface area contributed by atoms with Gasteiger partial charge in [0, 0.05) is 26.2 Å². The van der Waals surface area contributed by atoms with Crippen LogP contribution in [-0.4, -0.2) is 52.2 Å².